The van der Waals surface area contributed by atoms with E-state index in [1.54, 1.807) is 0 Å². The van der Waals surface area contributed by atoms with Crippen LogP contribution in [-0.2, 0) is 6.42 Å². The van der Waals surface area contributed by atoms with Crippen LogP contribution in [0.5, 0.6) is 5.75 Å². The second-order valence-electron chi connectivity index (χ2n) is 6.35. The highest BCUT2D eigenvalue weighted by atomic mass is 16.5. The smallest absolute Gasteiger partial charge is 0.119 e. The van der Waals surface area contributed by atoms with Crippen LogP contribution in [0.1, 0.15) is 58.4 Å². The molecule has 0 saturated carbocycles. The van der Waals surface area contributed by atoms with Gasteiger partial charge in [-0.05, 0) is 49.8 Å². The van der Waals surface area contributed by atoms with E-state index in [0.29, 0.717) is 0 Å². The third-order valence-electron chi connectivity index (χ3n) is 3.94. The SMILES string of the molecule is CCCCc1ccc(OCCCCC(C)(C)C(=N)N)cc1. The standard InChI is InChI=1S/C18H30N2O/c1-4-5-8-15-9-11-16(12-10-15)21-14-7-6-13-18(2,3)17(19)20/h9-12H,4-8,13-14H2,1-3H3,(H3,19,20). The van der Waals surface area contributed by atoms with Gasteiger partial charge in [-0.25, -0.2) is 0 Å². The second kappa shape index (κ2) is 8.71. The number of hydrogen-bond acceptors (Lipinski definition) is 2. The number of unbranched alkanes of at least 4 members (excludes halogenated alkanes) is 2. The Bertz CT molecular complexity index is 423. The molecular formula is C18H30N2O. The number of ether oxygens (including phenoxy) is 1. The fraction of sp³-hybridized carbons (Fsp3) is 0.611. The second-order valence-corrected chi connectivity index (χ2v) is 6.35. The Morgan fingerprint density at radius 2 is 1.81 bits per heavy atom. The summed E-state index contributed by atoms with van der Waals surface area (Å²) in [6.07, 6.45) is 6.58. The van der Waals surface area contributed by atoms with E-state index in [-0.39, 0.29) is 11.3 Å². The zero-order valence-electron chi connectivity index (χ0n) is 13.7. The number of amidine groups is 1. The number of rotatable bonds is 10. The number of benzene rings is 1. The Morgan fingerprint density at radius 3 is 2.38 bits per heavy atom. The lowest BCUT2D eigenvalue weighted by Crippen LogP contribution is -2.30. The van der Waals surface area contributed by atoms with Crippen LogP contribution in [-0.4, -0.2) is 12.4 Å². The quantitative estimate of drug-likeness (QED) is 0.377. The van der Waals surface area contributed by atoms with Gasteiger partial charge in [-0.1, -0.05) is 39.3 Å². The Balaban J connectivity index is 2.22. The van der Waals surface area contributed by atoms with E-state index in [1.807, 2.05) is 13.8 Å². The Kier molecular flexibility index (Phi) is 7.27. The molecule has 3 nitrogen and oxygen atoms in total. The molecule has 0 unspecified atom stereocenters. The molecule has 118 valence electrons. The minimum Gasteiger partial charge on any atom is -0.494 e. The maximum atomic E-state index is 7.53. The minimum atomic E-state index is -0.194. The van der Waals surface area contributed by atoms with Gasteiger partial charge in [0.1, 0.15) is 5.75 Å². The van der Waals surface area contributed by atoms with Gasteiger partial charge in [0.15, 0.2) is 0 Å². The molecule has 0 aliphatic rings. The highest BCUT2D eigenvalue weighted by Gasteiger charge is 2.20. The normalized spacial score (nSPS) is 11.4. The number of nitrogens with one attached hydrogen (secondary N) is 1. The first-order chi connectivity index (χ1) is 9.95. The molecular weight excluding hydrogens is 260 g/mol. The van der Waals surface area contributed by atoms with E-state index in [9.17, 15) is 0 Å². The topological polar surface area (TPSA) is 59.1 Å². The van der Waals surface area contributed by atoms with Crippen LogP contribution in [0.25, 0.3) is 0 Å². The van der Waals surface area contributed by atoms with Crippen LogP contribution < -0.4 is 10.5 Å². The average molecular weight is 290 g/mol. The van der Waals surface area contributed by atoms with Crippen molar-refractivity contribution in [3.63, 3.8) is 0 Å². The average Bonchev–Trinajstić information content (AvgIpc) is 2.45. The molecule has 0 fully saturated rings. The lowest BCUT2D eigenvalue weighted by molar-refractivity contribution is 0.296. The van der Waals surface area contributed by atoms with Crippen molar-refractivity contribution < 1.29 is 4.74 Å². The fourth-order valence-corrected chi connectivity index (χ4v) is 2.13. The highest BCUT2D eigenvalue weighted by molar-refractivity contribution is 5.82. The molecule has 0 radical (unpaired) electrons. The monoisotopic (exact) mass is 290 g/mol. The first kappa shape index (κ1) is 17.5. The molecule has 0 aliphatic carbocycles. The van der Waals surface area contributed by atoms with Gasteiger partial charge < -0.3 is 10.5 Å². The maximum absolute atomic E-state index is 7.53. The molecule has 1 aromatic rings. The molecule has 1 aromatic carbocycles. The zero-order chi connectivity index (χ0) is 15.7. The predicted molar refractivity (Wildman–Crippen MR) is 90.1 cm³/mol. The summed E-state index contributed by atoms with van der Waals surface area (Å²) in [5.74, 6) is 1.21. The van der Waals surface area contributed by atoms with E-state index in [4.69, 9.17) is 15.9 Å². The van der Waals surface area contributed by atoms with Crippen molar-refractivity contribution in [1.82, 2.24) is 0 Å². The van der Waals surface area contributed by atoms with Gasteiger partial charge in [-0.2, -0.15) is 0 Å². The molecule has 21 heavy (non-hydrogen) atoms. The summed E-state index contributed by atoms with van der Waals surface area (Å²) in [5, 5.41) is 7.53. The predicted octanol–water partition coefficient (Wildman–Crippen LogP) is 4.54. The van der Waals surface area contributed by atoms with Crippen LogP contribution in [0.4, 0.5) is 0 Å². The van der Waals surface area contributed by atoms with E-state index in [0.717, 1.165) is 38.0 Å². The zero-order valence-corrected chi connectivity index (χ0v) is 13.7. The van der Waals surface area contributed by atoms with E-state index < -0.39 is 0 Å². The van der Waals surface area contributed by atoms with Crippen LogP contribution in [0, 0.1) is 10.8 Å². The first-order valence-electron chi connectivity index (χ1n) is 8.02. The molecule has 0 bridgehead atoms. The van der Waals surface area contributed by atoms with Crippen molar-refractivity contribution in [3.8, 4) is 5.75 Å². The number of nitrogens with two attached hydrogens (primary N) is 1. The molecule has 1 rings (SSSR count). The van der Waals surface area contributed by atoms with Crippen LogP contribution in [0.3, 0.4) is 0 Å². The minimum absolute atomic E-state index is 0.194. The maximum Gasteiger partial charge on any atom is 0.119 e. The third-order valence-corrected chi connectivity index (χ3v) is 3.94. The van der Waals surface area contributed by atoms with E-state index >= 15 is 0 Å². The molecule has 0 amide bonds. The van der Waals surface area contributed by atoms with Crippen molar-refractivity contribution in [2.75, 3.05) is 6.61 Å². The molecule has 0 aromatic heterocycles. The lowest BCUT2D eigenvalue weighted by atomic mass is 9.86. The van der Waals surface area contributed by atoms with Crippen molar-refractivity contribution in [1.29, 1.82) is 5.41 Å². The van der Waals surface area contributed by atoms with Gasteiger partial charge in [0.05, 0.1) is 12.4 Å². The van der Waals surface area contributed by atoms with Gasteiger partial charge in [-0.15, -0.1) is 0 Å². The van der Waals surface area contributed by atoms with Crippen molar-refractivity contribution >= 4 is 5.84 Å². The fourth-order valence-electron chi connectivity index (χ4n) is 2.13. The molecule has 0 atom stereocenters. The summed E-state index contributed by atoms with van der Waals surface area (Å²) in [6.45, 7) is 6.98. The summed E-state index contributed by atoms with van der Waals surface area (Å²) in [4.78, 5) is 0. The van der Waals surface area contributed by atoms with Crippen LogP contribution in [0.2, 0.25) is 0 Å². The summed E-state index contributed by atoms with van der Waals surface area (Å²) >= 11 is 0. The van der Waals surface area contributed by atoms with Crippen molar-refractivity contribution in [2.24, 2.45) is 11.1 Å². The first-order valence-corrected chi connectivity index (χ1v) is 8.02. The number of aryl methyl sites for hydroxylation is 1. The van der Waals surface area contributed by atoms with Gasteiger partial charge in [0, 0.05) is 5.41 Å². The van der Waals surface area contributed by atoms with Gasteiger partial charge in [-0.3, -0.25) is 5.41 Å². The molecule has 3 heteroatoms. The third kappa shape index (κ3) is 6.65. The van der Waals surface area contributed by atoms with E-state index in [1.165, 1.54) is 18.4 Å². The molecule has 0 heterocycles. The Morgan fingerprint density at radius 1 is 1.14 bits per heavy atom. The highest BCUT2D eigenvalue weighted by Crippen LogP contribution is 2.22. The van der Waals surface area contributed by atoms with Gasteiger partial charge in [0.2, 0.25) is 0 Å². The lowest BCUT2D eigenvalue weighted by Gasteiger charge is -2.22. The molecule has 0 saturated heterocycles. The molecule has 3 N–H and O–H groups in total. The molecule has 0 spiro atoms. The van der Waals surface area contributed by atoms with Crippen molar-refractivity contribution in [3.05, 3.63) is 29.8 Å². The van der Waals surface area contributed by atoms with Crippen LogP contribution >= 0.6 is 0 Å². The largest absolute Gasteiger partial charge is 0.494 e. The Hall–Kier alpha value is -1.51. The summed E-state index contributed by atoms with van der Waals surface area (Å²) < 4.78 is 5.76. The van der Waals surface area contributed by atoms with E-state index in [2.05, 4.69) is 31.2 Å². The number of hydrogen-bond donors (Lipinski definition) is 2. The summed E-state index contributed by atoms with van der Waals surface area (Å²) in [5.41, 5.74) is 6.77. The molecule has 0 aliphatic heterocycles. The Labute approximate surface area is 129 Å². The van der Waals surface area contributed by atoms with Gasteiger partial charge >= 0.3 is 0 Å². The van der Waals surface area contributed by atoms with Gasteiger partial charge in [0.25, 0.3) is 0 Å². The van der Waals surface area contributed by atoms with Crippen LogP contribution in [0.15, 0.2) is 24.3 Å². The summed E-state index contributed by atoms with van der Waals surface area (Å²) in [6, 6.07) is 8.43. The van der Waals surface area contributed by atoms with Crippen molar-refractivity contribution in [2.45, 2.75) is 59.3 Å². The summed E-state index contributed by atoms with van der Waals surface area (Å²) in [7, 11) is 0.